The number of aryl methyl sites for hydroxylation is 1. The second-order valence-electron chi connectivity index (χ2n) is 4.50. The third kappa shape index (κ3) is 3.45. The first-order chi connectivity index (χ1) is 9.36. The summed E-state index contributed by atoms with van der Waals surface area (Å²) in [5.41, 5.74) is 1.26. The van der Waals surface area contributed by atoms with Gasteiger partial charge < -0.3 is 4.74 Å². The van der Waals surface area contributed by atoms with E-state index in [0.29, 0.717) is 5.75 Å². The van der Waals surface area contributed by atoms with Gasteiger partial charge in [0.15, 0.2) is 9.84 Å². The number of hydrogen-bond donors (Lipinski definition) is 0. The van der Waals surface area contributed by atoms with Crippen LogP contribution in [0.3, 0.4) is 0 Å². The van der Waals surface area contributed by atoms with Crippen LogP contribution in [0.1, 0.15) is 15.9 Å². The van der Waals surface area contributed by atoms with Gasteiger partial charge in [-0.1, -0.05) is 23.8 Å². The summed E-state index contributed by atoms with van der Waals surface area (Å²) in [7, 11) is -3.35. The quantitative estimate of drug-likeness (QED) is 0.644. The van der Waals surface area contributed by atoms with E-state index in [-0.39, 0.29) is 10.5 Å². The Balaban J connectivity index is 2.23. The highest BCUT2D eigenvalue weighted by Crippen LogP contribution is 2.16. The topological polar surface area (TPSA) is 60.4 Å². The SMILES string of the molecule is Cc1ccc(OC(=O)c2cccc(S(C)(=O)=O)c2)cc1. The molecule has 0 N–H and O–H groups in total. The lowest BCUT2D eigenvalue weighted by atomic mass is 10.2. The van der Waals surface area contributed by atoms with Crippen LogP contribution < -0.4 is 4.74 Å². The average Bonchev–Trinajstić information content (AvgIpc) is 2.40. The van der Waals surface area contributed by atoms with Gasteiger partial charge in [-0.3, -0.25) is 0 Å². The maximum absolute atomic E-state index is 12.0. The minimum absolute atomic E-state index is 0.0934. The van der Waals surface area contributed by atoms with Gasteiger partial charge in [0.2, 0.25) is 0 Å². The maximum atomic E-state index is 12.0. The van der Waals surface area contributed by atoms with E-state index in [9.17, 15) is 13.2 Å². The van der Waals surface area contributed by atoms with E-state index in [1.54, 1.807) is 12.1 Å². The zero-order valence-electron chi connectivity index (χ0n) is 11.2. The highest BCUT2D eigenvalue weighted by Gasteiger charge is 2.13. The molecule has 4 nitrogen and oxygen atoms in total. The van der Waals surface area contributed by atoms with E-state index in [2.05, 4.69) is 0 Å². The second kappa shape index (κ2) is 5.46. The highest BCUT2D eigenvalue weighted by atomic mass is 32.2. The lowest BCUT2D eigenvalue weighted by Crippen LogP contribution is -2.09. The van der Waals surface area contributed by atoms with Crippen LogP contribution in [-0.4, -0.2) is 20.6 Å². The Hall–Kier alpha value is -2.14. The molecule has 0 radical (unpaired) electrons. The van der Waals surface area contributed by atoms with Crippen LogP contribution in [0.2, 0.25) is 0 Å². The van der Waals surface area contributed by atoms with Gasteiger partial charge in [-0.2, -0.15) is 0 Å². The summed E-state index contributed by atoms with van der Waals surface area (Å²) in [6.45, 7) is 1.93. The molecule has 2 rings (SSSR count). The van der Waals surface area contributed by atoms with Gasteiger partial charge in [-0.05, 0) is 37.3 Å². The van der Waals surface area contributed by atoms with Crippen LogP contribution in [0.25, 0.3) is 0 Å². The number of sulfone groups is 1. The Kier molecular flexibility index (Phi) is 3.90. The normalized spacial score (nSPS) is 11.1. The van der Waals surface area contributed by atoms with Crippen LogP contribution in [-0.2, 0) is 9.84 Å². The zero-order chi connectivity index (χ0) is 14.8. The summed E-state index contributed by atoms with van der Waals surface area (Å²) in [5, 5.41) is 0. The molecule has 0 atom stereocenters. The van der Waals surface area contributed by atoms with Crippen molar-refractivity contribution in [3.63, 3.8) is 0 Å². The molecular weight excluding hydrogens is 276 g/mol. The number of benzene rings is 2. The molecule has 0 aliphatic carbocycles. The van der Waals surface area contributed by atoms with E-state index in [1.807, 2.05) is 19.1 Å². The number of ether oxygens (including phenoxy) is 1. The van der Waals surface area contributed by atoms with Gasteiger partial charge >= 0.3 is 5.97 Å². The third-order valence-electron chi connectivity index (χ3n) is 2.73. The largest absolute Gasteiger partial charge is 0.423 e. The molecule has 0 saturated heterocycles. The number of rotatable bonds is 3. The van der Waals surface area contributed by atoms with E-state index in [4.69, 9.17) is 4.74 Å². The molecule has 0 spiro atoms. The molecule has 0 heterocycles. The molecule has 0 aromatic heterocycles. The average molecular weight is 290 g/mol. The van der Waals surface area contributed by atoms with Crippen molar-refractivity contribution in [3.05, 3.63) is 59.7 Å². The molecule has 5 heteroatoms. The summed E-state index contributed by atoms with van der Waals surface area (Å²) in [5.74, 6) is -0.162. The van der Waals surface area contributed by atoms with Gasteiger partial charge in [0.1, 0.15) is 5.75 Å². The summed E-state index contributed by atoms with van der Waals surface area (Å²) in [6.07, 6.45) is 1.09. The van der Waals surface area contributed by atoms with Crippen LogP contribution >= 0.6 is 0 Å². The molecule has 0 bridgehead atoms. The lowest BCUT2D eigenvalue weighted by molar-refractivity contribution is 0.0734. The Morgan fingerprint density at radius 1 is 1.05 bits per heavy atom. The molecule has 2 aromatic carbocycles. The fraction of sp³-hybridized carbons (Fsp3) is 0.133. The Morgan fingerprint density at radius 2 is 1.70 bits per heavy atom. The zero-order valence-corrected chi connectivity index (χ0v) is 12.0. The Morgan fingerprint density at radius 3 is 2.30 bits per heavy atom. The van der Waals surface area contributed by atoms with Crippen molar-refractivity contribution in [1.29, 1.82) is 0 Å². The summed E-state index contributed by atoms with van der Waals surface area (Å²) in [6, 6.07) is 12.8. The van der Waals surface area contributed by atoms with Crippen molar-refractivity contribution in [1.82, 2.24) is 0 Å². The van der Waals surface area contributed by atoms with Gasteiger partial charge in [-0.15, -0.1) is 0 Å². The Labute approximate surface area is 117 Å². The van der Waals surface area contributed by atoms with E-state index < -0.39 is 15.8 Å². The van der Waals surface area contributed by atoms with Crippen LogP contribution in [0.15, 0.2) is 53.4 Å². The predicted octanol–water partition coefficient (Wildman–Crippen LogP) is 2.62. The van der Waals surface area contributed by atoms with Crippen LogP contribution in [0.4, 0.5) is 0 Å². The first kappa shape index (κ1) is 14.3. The summed E-state index contributed by atoms with van der Waals surface area (Å²) >= 11 is 0. The van der Waals surface area contributed by atoms with Crippen molar-refractivity contribution in [2.75, 3.05) is 6.26 Å². The fourth-order valence-electron chi connectivity index (χ4n) is 1.63. The van der Waals surface area contributed by atoms with Gasteiger partial charge in [-0.25, -0.2) is 13.2 Å². The maximum Gasteiger partial charge on any atom is 0.343 e. The molecule has 0 unspecified atom stereocenters. The molecule has 2 aromatic rings. The molecule has 0 amide bonds. The van der Waals surface area contributed by atoms with E-state index >= 15 is 0 Å². The van der Waals surface area contributed by atoms with E-state index in [1.165, 1.54) is 24.3 Å². The smallest absolute Gasteiger partial charge is 0.343 e. The molecule has 0 fully saturated rings. The summed E-state index contributed by atoms with van der Waals surface area (Å²) < 4.78 is 28.1. The molecule has 0 aliphatic rings. The van der Waals surface area contributed by atoms with Gasteiger partial charge in [0.05, 0.1) is 10.5 Å². The first-order valence-electron chi connectivity index (χ1n) is 5.95. The van der Waals surface area contributed by atoms with Gasteiger partial charge in [0, 0.05) is 6.26 Å². The van der Waals surface area contributed by atoms with Gasteiger partial charge in [0.25, 0.3) is 0 Å². The number of carbonyl (C=O) groups is 1. The fourth-order valence-corrected chi connectivity index (χ4v) is 2.29. The van der Waals surface area contributed by atoms with Crippen molar-refractivity contribution in [2.24, 2.45) is 0 Å². The standard InChI is InChI=1S/C15H14O4S/c1-11-6-8-13(9-7-11)19-15(16)12-4-3-5-14(10-12)20(2,17)18/h3-10H,1-2H3. The number of esters is 1. The Bertz CT molecular complexity index is 731. The van der Waals surface area contributed by atoms with Crippen molar-refractivity contribution < 1.29 is 17.9 Å². The number of carbonyl (C=O) groups excluding carboxylic acids is 1. The molecular formula is C15H14O4S. The molecule has 104 valence electrons. The minimum Gasteiger partial charge on any atom is -0.423 e. The lowest BCUT2D eigenvalue weighted by Gasteiger charge is -2.06. The second-order valence-corrected chi connectivity index (χ2v) is 6.52. The minimum atomic E-state index is -3.35. The van der Waals surface area contributed by atoms with Crippen LogP contribution in [0.5, 0.6) is 5.75 Å². The van der Waals surface area contributed by atoms with E-state index in [0.717, 1.165) is 11.8 Å². The summed E-state index contributed by atoms with van der Waals surface area (Å²) in [4.78, 5) is 12.1. The van der Waals surface area contributed by atoms with Crippen molar-refractivity contribution in [2.45, 2.75) is 11.8 Å². The van der Waals surface area contributed by atoms with Crippen molar-refractivity contribution >= 4 is 15.8 Å². The number of hydrogen-bond acceptors (Lipinski definition) is 4. The predicted molar refractivity (Wildman–Crippen MR) is 75.7 cm³/mol. The molecule has 0 saturated carbocycles. The molecule has 0 aliphatic heterocycles. The highest BCUT2D eigenvalue weighted by molar-refractivity contribution is 7.90. The monoisotopic (exact) mass is 290 g/mol. The van der Waals surface area contributed by atoms with Crippen molar-refractivity contribution in [3.8, 4) is 5.75 Å². The van der Waals surface area contributed by atoms with Crippen LogP contribution in [0, 0.1) is 6.92 Å². The molecule has 20 heavy (non-hydrogen) atoms. The first-order valence-corrected chi connectivity index (χ1v) is 7.84. The third-order valence-corrected chi connectivity index (χ3v) is 3.84.